The van der Waals surface area contributed by atoms with E-state index in [1.165, 1.54) is 17.1 Å². The minimum Gasteiger partial charge on any atom is -0.497 e. The summed E-state index contributed by atoms with van der Waals surface area (Å²) in [7, 11) is 6.48. The molecule has 2 fully saturated rings. The number of imidazole rings is 1. The van der Waals surface area contributed by atoms with Crippen LogP contribution in [0.15, 0.2) is 214 Å². The van der Waals surface area contributed by atoms with Gasteiger partial charge in [-0.05, 0) is 113 Å². The van der Waals surface area contributed by atoms with Crippen molar-refractivity contribution in [3.63, 3.8) is 0 Å². The molecule has 92 heavy (non-hydrogen) atoms. The van der Waals surface area contributed by atoms with E-state index < -0.39 is 66.0 Å². The van der Waals surface area contributed by atoms with Crippen molar-refractivity contribution in [1.82, 2.24) is 29.1 Å². The summed E-state index contributed by atoms with van der Waals surface area (Å²) in [5.74, 6) is 3.42. The molecule has 3 N–H and O–H groups in total. The van der Waals surface area contributed by atoms with Crippen molar-refractivity contribution >= 4 is 60.8 Å². The lowest BCUT2D eigenvalue weighted by Crippen LogP contribution is -2.38. The Morgan fingerprint density at radius 3 is 1.64 bits per heavy atom. The van der Waals surface area contributed by atoms with Crippen molar-refractivity contribution in [3.05, 3.63) is 255 Å². The largest absolute Gasteiger partial charge is 0.497 e. The van der Waals surface area contributed by atoms with Crippen LogP contribution in [0.5, 0.6) is 28.7 Å². The van der Waals surface area contributed by atoms with Gasteiger partial charge in [0.2, 0.25) is 0 Å². The monoisotopic (exact) mass is 1320 g/mol. The molecule has 20 nitrogen and oxygen atoms in total. The maximum Gasteiger partial charge on any atom is 0.330 e. The maximum absolute atomic E-state index is 13.3. The summed E-state index contributed by atoms with van der Waals surface area (Å²) in [4.78, 5) is 56.2. The first-order valence-electron chi connectivity index (χ1n) is 29.4. The second-order valence-corrected chi connectivity index (χ2v) is 25.7. The summed E-state index contributed by atoms with van der Waals surface area (Å²) in [6.07, 6.45) is -0.821. The lowest BCUT2D eigenvalue weighted by atomic mass is 9.77. The number of benzene rings is 7. The number of hydrogen-bond acceptors (Lipinski definition) is 19. The predicted octanol–water partition coefficient (Wildman–Crippen LogP) is 11.4. The number of anilines is 1. The third-order valence-electron chi connectivity index (χ3n) is 16.6. The summed E-state index contributed by atoms with van der Waals surface area (Å²) in [6.45, 7) is -3.22. The number of para-hydroxylation sites is 1. The molecule has 12 rings (SSSR count). The van der Waals surface area contributed by atoms with Gasteiger partial charge in [0, 0.05) is 34.4 Å². The van der Waals surface area contributed by atoms with Crippen molar-refractivity contribution in [1.29, 1.82) is 0 Å². The fraction of sp³-hybridized carbons (Fsp3) is 0.250. The molecule has 0 saturated carbocycles. The Balaban J connectivity index is 0.914. The Labute approximate surface area is 546 Å². The first-order valence-corrected chi connectivity index (χ1v) is 32.9. The maximum atomic E-state index is 13.3. The van der Waals surface area contributed by atoms with E-state index in [2.05, 4.69) is 47.7 Å². The van der Waals surface area contributed by atoms with Crippen LogP contribution >= 0.6 is 32.0 Å². The summed E-state index contributed by atoms with van der Waals surface area (Å²) < 4.78 is 66.2. The zero-order valence-electron chi connectivity index (χ0n) is 50.6. The van der Waals surface area contributed by atoms with Crippen LogP contribution in [-0.2, 0) is 46.2 Å². The van der Waals surface area contributed by atoms with E-state index in [1.54, 1.807) is 64.5 Å². The summed E-state index contributed by atoms with van der Waals surface area (Å²) in [5.41, 5.74) is 2.51. The van der Waals surface area contributed by atoms with Crippen molar-refractivity contribution < 1.29 is 51.8 Å². The van der Waals surface area contributed by atoms with Crippen molar-refractivity contribution in [3.8, 4) is 28.7 Å². The highest BCUT2D eigenvalue weighted by molar-refractivity contribution is 8.07. The lowest BCUT2D eigenvalue weighted by Gasteiger charge is -2.37. The third-order valence-corrected chi connectivity index (χ3v) is 18.9. The van der Waals surface area contributed by atoms with E-state index in [9.17, 15) is 14.5 Å². The van der Waals surface area contributed by atoms with Crippen LogP contribution in [0.25, 0.3) is 11.2 Å². The van der Waals surface area contributed by atoms with Gasteiger partial charge in [-0.1, -0.05) is 115 Å². The minimum atomic E-state index is -4.30. The highest BCUT2D eigenvalue weighted by Crippen LogP contribution is 2.52. The number of nitrogens with zero attached hydrogens (tertiary/aromatic N) is 5. The highest BCUT2D eigenvalue weighted by atomic mass is 32.5. The fourth-order valence-corrected chi connectivity index (χ4v) is 14.0. The third kappa shape index (κ3) is 12.9. The first kappa shape index (κ1) is 63.8. The number of aromatic nitrogens is 6. The molecule has 0 amide bonds. The summed E-state index contributed by atoms with van der Waals surface area (Å²) in [6, 6.07) is 56.2. The van der Waals surface area contributed by atoms with Gasteiger partial charge in [0.15, 0.2) is 17.0 Å². The second kappa shape index (κ2) is 27.5. The smallest absolute Gasteiger partial charge is 0.330 e. The molecule has 10 aromatic rings. The molecule has 1 unspecified atom stereocenters. The zero-order chi connectivity index (χ0) is 64.2. The Morgan fingerprint density at radius 2 is 1.10 bits per heavy atom. The Bertz CT molecular complexity index is 4250. The average molecular weight is 1320 g/mol. The van der Waals surface area contributed by atoms with E-state index in [1.807, 2.05) is 146 Å². The molecule has 7 aromatic carbocycles. The van der Waals surface area contributed by atoms with Gasteiger partial charge in [0.05, 0.1) is 54.1 Å². The molecule has 474 valence electrons. The second-order valence-electron chi connectivity index (χ2n) is 22.0. The van der Waals surface area contributed by atoms with Crippen LogP contribution in [-0.4, -0.2) is 100 Å². The highest BCUT2D eigenvalue weighted by Gasteiger charge is 2.47. The van der Waals surface area contributed by atoms with E-state index in [4.69, 9.17) is 73.7 Å². The molecule has 3 aromatic heterocycles. The first-order chi connectivity index (χ1) is 44.6. The molecule has 2 aliphatic rings. The van der Waals surface area contributed by atoms with Gasteiger partial charge >= 0.3 is 12.4 Å². The standard InChI is InChI=1S/C68H66N7O13PS3/c1-42-37-74(66(77)72-65(42)76)59-35-53(87-62-57(90)17-12-18-58(62)91)56(86-59)39-84-89(78,92)88-54-36-60(85-55(54)38-83-68(46-15-10-7-11-16-46,47-23-31-51(81-4)32-24-47)48-25-33-52(82-5)34-26-48)75-41-71-61-63(69-40-70-64(61)75)73-67(43-13-8-6-9-14-43,44-19-27-49(79-2)28-20-44)45-21-29-50(80-3)30-22-45/h6-34,37,40-41,53-56,59-60,90-91H,35-36,38-39H2,1-5H3,(H,78,92)(H,69,70,73)(H,72,76,77)/t53-,54-,55+,56+,59+,60+,89?/m0/s1. The number of fused-ring (bicyclic) bond motifs is 1. The lowest BCUT2D eigenvalue weighted by molar-refractivity contribution is -0.0922. The van der Waals surface area contributed by atoms with E-state index in [0.717, 1.165) is 33.4 Å². The van der Waals surface area contributed by atoms with Crippen LogP contribution in [0.4, 0.5) is 5.82 Å². The predicted molar refractivity (Wildman–Crippen MR) is 355 cm³/mol. The number of aryl methyl sites for hydroxylation is 1. The summed E-state index contributed by atoms with van der Waals surface area (Å²) in [5, 5.41) is 3.86. The molecular formula is C68H66N7O13PS3. The fourth-order valence-electron chi connectivity index (χ4n) is 11.9. The number of nitrogens with one attached hydrogen (secondary N) is 2. The van der Waals surface area contributed by atoms with Crippen molar-refractivity contribution in [2.24, 2.45) is 0 Å². The molecular weight excluding hydrogens is 1250 g/mol. The van der Waals surface area contributed by atoms with Gasteiger partial charge < -0.3 is 57.2 Å². The van der Waals surface area contributed by atoms with E-state index in [0.29, 0.717) is 61.1 Å². The topological polar surface area (TPSA) is 223 Å². The number of methoxy groups -OCH3 is 4. The molecule has 5 heterocycles. The number of rotatable bonds is 24. The van der Waals surface area contributed by atoms with E-state index in [-0.39, 0.29) is 26.1 Å². The normalized spacial score (nSPS) is 18.9. The van der Waals surface area contributed by atoms with Gasteiger partial charge in [-0.2, -0.15) is 0 Å². The number of thiol groups is 2. The molecule has 0 aliphatic carbocycles. The van der Waals surface area contributed by atoms with Crippen LogP contribution in [0.1, 0.15) is 64.2 Å². The van der Waals surface area contributed by atoms with Crippen LogP contribution in [0.2, 0.25) is 0 Å². The Morgan fingerprint density at radius 1 is 0.620 bits per heavy atom. The number of ether oxygens (including phenoxy) is 8. The molecule has 0 bridgehead atoms. The van der Waals surface area contributed by atoms with Gasteiger partial charge in [-0.15, -0.1) is 25.3 Å². The molecule has 0 spiro atoms. The molecule has 7 atom stereocenters. The van der Waals surface area contributed by atoms with Gasteiger partial charge in [0.1, 0.15) is 77.0 Å². The van der Waals surface area contributed by atoms with Gasteiger partial charge in [-0.25, -0.2) is 19.7 Å². The zero-order valence-corrected chi connectivity index (χ0v) is 54.1. The Hall–Kier alpha value is -8.32. The average Bonchev–Trinajstić information content (AvgIpc) is 0.991. The number of aromatic amines is 1. The number of H-pyrrole nitrogens is 1. The molecule has 24 heteroatoms. The minimum absolute atomic E-state index is 0.0787. The van der Waals surface area contributed by atoms with Crippen molar-refractivity contribution in [2.75, 3.05) is 47.0 Å². The molecule has 0 radical (unpaired) electrons. The quantitative estimate of drug-likeness (QED) is 0.0215. The van der Waals surface area contributed by atoms with Crippen LogP contribution < -0.4 is 40.3 Å². The SMILES string of the molecule is COc1ccc(C(Nc2ncnc3c2ncn3[C@H]2C[C@H](OP(O)(=S)OC[C@H]3O[C@@H](n4cc(C)c(=O)[nH]c4=O)C[C@@H]3Oc3c(S)cccc3S)[C@@H](COC(c3ccccc3)(c3ccc(OC)cc3)c3ccc(OC)cc3)O2)(c2ccccc2)c2ccc(OC)cc2)cc1. The Kier molecular flexibility index (Phi) is 19.1. The molecule has 2 aliphatic heterocycles. The van der Waals surface area contributed by atoms with Gasteiger partial charge in [0.25, 0.3) is 5.56 Å². The van der Waals surface area contributed by atoms with E-state index >= 15 is 0 Å². The van der Waals surface area contributed by atoms with Crippen LogP contribution in [0.3, 0.4) is 0 Å². The van der Waals surface area contributed by atoms with Crippen LogP contribution in [0, 0.1) is 6.92 Å². The van der Waals surface area contributed by atoms with Crippen molar-refractivity contribution in [2.45, 2.75) is 77.6 Å². The summed E-state index contributed by atoms with van der Waals surface area (Å²) >= 11 is 15.2. The van der Waals surface area contributed by atoms with Gasteiger partial charge in [-0.3, -0.25) is 18.9 Å². The molecule has 2 saturated heterocycles. The number of hydrogen-bond donors (Lipinski definition) is 5.